The molecular formula is C80H151NO13. The Morgan fingerprint density at radius 2 is 0.681 bits per heavy atom. The fraction of sp³-hybridized carbons (Fsp3) is 0.912. The van der Waals surface area contributed by atoms with Gasteiger partial charge >= 0.3 is 0 Å². The van der Waals surface area contributed by atoms with Crippen LogP contribution < -0.4 is 5.32 Å². The van der Waals surface area contributed by atoms with Gasteiger partial charge in [-0.2, -0.15) is 0 Å². The number of allylic oxidation sites excluding steroid dienone is 5. The summed E-state index contributed by atoms with van der Waals surface area (Å²) in [5, 5.41) is 87.5. The first-order chi connectivity index (χ1) is 46.1. The van der Waals surface area contributed by atoms with Gasteiger partial charge in [0.15, 0.2) is 12.6 Å². The standard InChI is InChI=1S/C80H151NO13/c1-3-5-7-9-11-13-15-17-19-21-23-25-26-27-28-29-30-31-32-33-34-35-36-37-38-39-40-41-42-44-46-48-50-52-54-56-58-60-62-64-72(85)81-68(69(84)63-61-59-57-55-53-51-49-47-45-43-24-22-20-18-16-14-12-10-8-6-4-2)67-91-79-77(90)75(88)78(71(66-83)93-79)94-80-76(89)74(87)73(86)70(65-82)92-80/h45,47,53,55,61,63,68-71,73-80,82-84,86-90H,3-44,46,48-52,54,56-60,62,64-67H2,1-2H3,(H,81,85)/b47-45+,55-53+,63-61+. The molecule has 12 unspecified atom stereocenters. The van der Waals surface area contributed by atoms with Crippen molar-refractivity contribution < 1.29 is 64.6 Å². The van der Waals surface area contributed by atoms with E-state index in [9.17, 15) is 45.6 Å². The molecule has 0 aromatic heterocycles. The third-order valence-electron chi connectivity index (χ3n) is 19.8. The summed E-state index contributed by atoms with van der Waals surface area (Å²) in [6.45, 7) is 2.83. The molecule has 2 fully saturated rings. The van der Waals surface area contributed by atoms with E-state index in [1.807, 2.05) is 6.08 Å². The lowest BCUT2D eigenvalue weighted by Crippen LogP contribution is -2.65. The van der Waals surface area contributed by atoms with Crippen molar-refractivity contribution in [3.8, 4) is 0 Å². The SMILES string of the molecule is CCCCCCCCCCCCC/C=C/CC/C=C/CC/C=C/C(O)C(COC1OC(CO)C(OC2OC(CO)C(O)C(O)C2O)C(O)C1O)NC(=O)CCCCCCCCCCCCCCCCCCCCCCCCCCCCCCCCCCCCCCCCC. The van der Waals surface area contributed by atoms with Gasteiger partial charge < -0.3 is 65.1 Å². The third-order valence-corrected chi connectivity index (χ3v) is 19.8. The van der Waals surface area contributed by atoms with Crippen molar-refractivity contribution in [3.05, 3.63) is 36.5 Å². The number of aliphatic hydroxyl groups is 8. The molecule has 0 radical (unpaired) electrons. The average molecular weight is 1340 g/mol. The summed E-state index contributed by atoms with van der Waals surface area (Å²) < 4.78 is 22.9. The monoisotopic (exact) mass is 1330 g/mol. The molecule has 2 saturated heterocycles. The van der Waals surface area contributed by atoms with Crippen LogP contribution in [0, 0.1) is 0 Å². The number of hydrogen-bond donors (Lipinski definition) is 9. The molecule has 0 aliphatic carbocycles. The Balaban J connectivity index is 1.58. The smallest absolute Gasteiger partial charge is 0.220 e. The first-order valence-corrected chi connectivity index (χ1v) is 40.2. The van der Waals surface area contributed by atoms with Crippen LogP contribution in [0.5, 0.6) is 0 Å². The van der Waals surface area contributed by atoms with Crippen molar-refractivity contribution in [2.75, 3.05) is 19.8 Å². The second-order valence-corrected chi connectivity index (χ2v) is 28.5. The van der Waals surface area contributed by atoms with Gasteiger partial charge in [-0.15, -0.1) is 0 Å². The summed E-state index contributed by atoms with van der Waals surface area (Å²) in [5.74, 6) is -0.246. The van der Waals surface area contributed by atoms with Gasteiger partial charge in [0, 0.05) is 6.42 Å². The van der Waals surface area contributed by atoms with E-state index in [-0.39, 0.29) is 18.9 Å². The molecule has 14 heteroatoms. The minimum atomic E-state index is -1.79. The summed E-state index contributed by atoms with van der Waals surface area (Å²) in [4.78, 5) is 13.4. The Kier molecular flexibility index (Phi) is 60.7. The van der Waals surface area contributed by atoms with Crippen LogP contribution in [0.3, 0.4) is 0 Å². The van der Waals surface area contributed by atoms with Crippen molar-refractivity contribution in [2.45, 2.75) is 447 Å². The van der Waals surface area contributed by atoms with Crippen LogP contribution in [0.1, 0.15) is 373 Å². The fourth-order valence-corrected chi connectivity index (χ4v) is 13.4. The quantitative estimate of drug-likeness (QED) is 0.0204. The molecule has 1 amide bonds. The van der Waals surface area contributed by atoms with Crippen LogP contribution in [0.15, 0.2) is 36.5 Å². The van der Waals surface area contributed by atoms with E-state index >= 15 is 0 Å². The van der Waals surface area contributed by atoms with Gasteiger partial charge in [0.1, 0.15) is 48.8 Å². The lowest BCUT2D eigenvalue weighted by atomic mass is 9.97. The van der Waals surface area contributed by atoms with Crippen LogP contribution in [-0.2, 0) is 23.7 Å². The number of ether oxygens (including phenoxy) is 4. The van der Waals surface area contributed by atoms with Gasteiger partial charge in [-0.3, -0.25) is 4.79 Å². The molecule has 0 spiro atoms. The number of unbranched alkanes of at least 4 members (excludes halogenated alkanes) is 51. The highest BCUT2D eigenvalue weighted by Crippen LogP contribution is 2.30. The third kappa shape index (κ3) is 47.3. The van der Waals surface area contributed by atoms with Crippen LogP contribution in [-0.4, -0.2) is 140 Å². The van der Waals surface area contributed by atoms with E-state index in [4.69, 9.17) is 18.9 Å². The van der Waals surface area contributed by atoms with Crippen molar-refractivity contribution in [1.29, 1.82) is 0 Å². The van der Waals surface area contributed by atoms with Gasteiger partial charge in [0.05, 0.1) is 32.0 Å². The van der Waals surface area contributed by atoms with Gasteiger partial charge in [0.25, 0.3) is 0 Å². The second kappa shape index (κ2) is 64.6. The summed E-state index contributed by atoms with van der Waals surface area (Å²) in [6, 6.07) is -0.938. The fourth-order valence-electron chi connectivity index (χ4n) is 13.4. The molecule has 9 N–H and O–H groups in total. The Bertz CT molecular complexity index is 1720. The van der Waals surface area contributed by atoms with E-state index in [0.29, 0.717) is 12.8 Å². The molecule has 0 aromatic rings. The number of amides is 1. The van der Waals surface area contributed by atoms with Crippen LogP contribution in [0.4, 0.5) is 0 Å². The zero-order valence-electron chi connectivity index (χ0n) is 60.7. The number of aliphatic hydroxyl groups excluding tert-OH is 8. The number of hydrogen-bond acceptors (Lipinski definition) is 13. The molecule has 14 nitrogen and oxygen atoms in total. The van der Waals surface area contributed by atoms with E-state index in [1.54, 1.807) is 6.08 Å². The highest BCUT2D eigenvalue weighted by molar-refractivity contribution is 5.76. The summed E-state index contributed by atoms with van der Waals surface area (Å²) in [5.41, 5.74) is 0. The molecule has 2 heterocycles. The maximum absolute atomic E-state index is 13.4. The van der Waals surface area contributed by atoms with E-state index in [0.717, 1.165) is 44.9 Å². The summed E-state index contributed by atoms with van der Waals surface area (Å²) in [6.07, 6.45) is 68.3. The maximum Gasteiger partial charge on any atom is 0.220 e. The Morgan fingerprint density at radius 3 is 1.04 bits per heavy atom. The normalized spacial score (nSPS) is 22.6. The predicted octanol–water partition coefficient (Wildman–Crippen LogP) is 18.0. The topological polar surface area (TPSA) is 228 Å². The molecule has 12 atom stereocenters. The van der Waals surface area contributed by atoms with E-state index < -0.39 is 86.8 Å². The maximum atomic E-state index is 13.4. The van der Waals surface area contributed by atoms with E-state index in [1.165, 1.54) is 295 Å². The van der Waals surface area contributed by atoms with Crippen LogP contribution in [0.2, 0.25) is 0 Å². The van der Waals surface area contributed by atoms with Gasteiger partial charge in [-0.25, -0.2) is 0 Å². The van der Waals surface area contributed by atoms with Gasteiger partial charge in [0.2, 0.25) is 5.91 Å². The number of rotatable bonds is 68. The van der Waals surface area contributed by atoms with Crippen LogP contribution >= 0.6 is 0 Å². The zero-order valence-corrected chi connectivity index (χ0v) is 60.7. The summed E-state index contributed by atoms with van der Waals surface area (Å²) >= 11 is 0. The van der Waals surface area contributed by atoms with Crippen molar-refractivity contribution in [2.24, 2.45) is 0 Å². The lowest BCUT2D eigenvalue weighted by Gasteiger charge is -2.46. The molecule has 0 aromatic carbocycles. The number of carbonyl (C=O) groups excluding carboxylic acids is 1. The predicted molar refractivity (Wildman–Crippen MR) is 388 cm³/mol. The largest absolute Gasteiger partial charge is 0.394 e. The summed E-state index contributed by atoms with van der Waals surface area (Å²) in [7, 11) is 0. The average Bonchev–Trinajstić information content (AvgIpc) is 0.794. The lowest BCUT2D eigenvalue weighted by molar-refractivity contribution is -0.359. The molecular weight excluding hydrogens is 1180 g/mol. The Morgan fingerprint density at radius 1 is 0.372 bits per heavy atom. The van der Waals surface area contributed by atoms with E-state index in [2.05, 4.69) is 43.5 Å². The molecule has 2 aliphatic rings. The highest BCUT2D eigenvalue weighted by Gasteiger charge is 2.51. The highest BCUT2D eigenvalue weighted by atomic mass is 16.7. The molecule has 2 aliphatic heterocycles. The molecule has 554 valence electrons. The first kappa shape index (κ1) is 88.3. The Hall–Kier alpha value is -1.79. The zero-order chi connectivity index (χ0) is 68.0. The number of carbonyl (C=O) groups is 1. The second-order valence-electron chi connectivity index (χ2n) is 28.5. The van der Waals surface area contributed by atoms with Crippen molar-refractivity contribution >= 4 is 5.91 Å². The minimum Gasteiger partial charge on any atom is -0.394 e. The molecule has 2 rings (SSSR count). The van der Waals surface area contributed by atoms with Crippen LogP contribution in [0.25, 0.3) is 0 Å². The first-order valence-electron chi connectivity index (χ1n) is 40.2. The molecule has 0 saturated carbocycles. The van der Waals surface area contributed by atoms with Gasteiger partial charge in [-0.1, -0.05) is 359 Å². The molecule has 0 bridgehead atoms. The van der Waals surface area contributed by atoms with Gasteiger partial charge in [-0.05, 0) is 44.9 Å². The number of nitrogens with one attached hydrogen (secondary N) is 1. The van der Waals surface area contributed by atoms with Crippen molar-refractivity contribution in [1.82, 2.24) is 5.32 Å². The minimum absolute atomic E-state index is 0.246. The van der Waals surface area contributed by atoms with Crippen molar-refractivity contribution in [3.63, 3.8) is 0 Å². The Labute approximate surface area is 576 Å². The molecule has 94 heavy (non-hydrogen) atoms.